The molecule has 0 saturated heterocycles. The first kappa shape index (κ1) is 21.3. The molecule has 0 aromatic heterocycles. The number of anilines is 1. The van der Waals surface area contributed by atoms with Gasteiger partial charge in [0.15, 0.2) is 5.78 Å². The number of nitrogens with one attached hydrogen (secondary N) is 2. The average Bonchev–Trinajstić information content (AvgIpc) is 2.77. The maximum absolute atomic E-state index is 12.8. The number of benzene rings is 3. The van der Waals surface area contributed by atoms with Gasteiger partial charge in [-0.1, -0.05) is 60.1 Å². The Balaban J connectivity index is 1.65. The summed E-state index contributed by atoms with van der Waals surface area (Å²) in [4.78, 5) is 37.6. The van der Waals surface area contributed by atoms with Crippen molar-refractivity contribution >= 4 is 34.9 Å². The number of amides is 2. The van der Waals surface area contributed by atoms with Crippen molar-refractivity contribution in [3.63, 3.8) is 0 Å². The molecule has 0 fully saturated rings. The third kappa shape index (κ3) is 6.03. The van der Waals surface area contributed by atoms with Gasteiger partial charge in [0.25, 0.3) is 5.91 Å². The molecule has 6 heteroatoms. The summed E-state index contributed by atoms with van der Waals surface area (Å²) in [5.74, 6) is -0.897. The van der Waals surface area contributed by atoms with E-state index in [1.807, 2.05) is 24.3 Å². The third-order valence-electron chi connectivity index (χ3n) is 4.49. The van der Waals surface area contributed by atoms with Crippen molar-refractivity contribution in [2.75, 3.05) is 5.32 Å². The highest BCUT2D eigenvalue weighted by Crippen LogP contribution is 2.17. The molecule has 0 bridgehead atoms. The molecule has 1 unspecified atom stereocenters. The Morgan fingerprint density at radius 3 is 2.00 bits per heavy atom. The van der Waals surface area contributed by atoms with Crippen LogP contribution in [0.25, 0.3) is 0 Å². The van der Waals surface area contributed by atoms with Gasteiger partial charge in [-0.25, -0.2) is 0 Å². The number of hydrogen-bond donors (Lipinski definition) is 2. The molecule has 152 valence electrons. The van der Waals surface area contributed by atoms with E-state index in [-0.39, 0.29) is 30.4 Å². The third-order valence-corrected chi connectivity index (χ3v) is 4.74. The zero-order valence-electron chi connectivity index (χ0n) is 16.2. The van der Waals surface area contributed by atoms with Gasteiger partial charge in [0, 0.05) is 29.1 Å². The van der Waals surface area contributed by atoms with E-state index in [9.17, 15) is 14.4 Å². The molecule has 0 aliphatic rings. The van der Waals surface area contributed by atoms with Gasteiger partial charge in [-0.3, -0.25) is 14.4 Å². The van der Waals surface area contributed by atoms with Crippen molar-refractivity contribution in [1.29, 1.82) is 0 Å². The van der Waals surface area contributed by atoms with Crippen molar-refractivity contribution in [3.05, 3.63) is 101 Å². The Bertz CT molecular complexity index is 1010. The van der Waals surface area contributed by atoms with E-state index in [2.05, 4.69) is 10.6 Å². The SMILES string of the molecule is O=C(CCC(=O)c1ccc(Cl)cc1)NC(C(=O)Nc1ccccc1)c1ccccc1. The van der Waals surface area contributed by atoms with Gasteiger partial charge in [-0.2, -0.15) is 0 Å². The first-order valence-corrected chi connectivity index (χ1v) is 9.90. The highest BCUT2D eigenvalue weighted by Gasteiger charge is 2.23. The molecule has 0 aliphatic carbocycles. The number of carbonyl (C=O) groups excluding carboxylic acids is 3. The van der Waals surface area contributed by atoms with Crippen molar-refractivity contribution in [2.45, 2.75) is 18.9 Å². The van der Waals surface area contributed by atoms with Crippen LogP contribution in [0.2, 0.25) is 5.02 Å². The van der Waals surface area contributed by atoms with E-state index in [1.54, 1.807) is 60.7 Å². The van der Waals surface area contributed by atoms with Crippen molar-refractivity contribution in [1.82, 2.24) is 5.32 Å². The van der Waals surface area contributed by atoms with Crippen molar-refractivity contribution < 1.29 is 14.4 Å². The minimum atomic E-state index is -0.871. The minimum Gasteiger partial charge on any atom is -0.341 e. The number of Topliss-reactive ketones (excluding diaryl/α,β-unsaturated/α-hetero) is 1. The summed E-state index contributed by atoms with van der Waals surface area (Å²) >= 11 is 5.83. The van der Waals surface area contributed by atoms with Gasteiger partial charge in [0.2, 0.25) is 5.91 Å². The van der Waals surface area contributed by atoms with Crippen LogP contribution in [0.1, 0.15) is 34.8 Å². The van der Waals surface area contributed by atoms with Crippen LogP contribution < -0.4 is 10.6 Å². The van der Waals surface area contributed by atoms with Crippen LogP contribution in [-0.4, -0.2) is 17.6 Å². The van der Waals surface area contributed by atoms with Gasteiger partial charge in [0.1, 0.15) is 6.04 Å². The molecule has 3 aromatic carbocycles. The largest absolute Gasteiger partial charge is 0.341 e. The van der Waals surface area contributed by atoms with Gasteiger partial charge >= 0.3 is 0 Å². The lowest BCUT2D eigenvalue weighted by Gasteiger charge is -2.19. The lowest BCUT2D eigenvalue weighted by atomic mass is 10.0. The first-order chi connectivity index (χ1) is 14.5. The van der Waals surface area contributed by atoms with Crippen LogP contribution in [0, 0.1) is 0 Å². The monoisotopic (exact) mass is 420 g/mol. The molecule has 0 spiro atoms. The number of para-hydroxylation sites is 1. The molecule has 5 nitrogen and oxygen atoms in total. The summed E-state index contributed by atoms with van der Waals surface area (Å²) in [5, 5.41) is 6.09. The Morgan fingerprint density at radius 1 is 0.767 bits per heavy atom. The highest BCUT2D eigenvalue weighted by molar-refractivity contribution is 6.30. The van der Waals surface area contributed by atoms with Gasteiger partial charge in [0.05, 0.1) is 0 Å². The molecule has 0 aliphatic heterocycles. The summed E-state index contributed by atoms with van der Waals surface area (Å²) in [6.07, 6.45) is 0.0126. The molecule has 2 amide bonds. The van der Waals surface area contributed by atoms with Gasteiger partial charge < -0.3 is 10.6 Å². The molecule has 1 atom stereocenters. The number of hydrogen-bond acceptors (Lipinski definition) is 3. The summed E-state index contributed by atoms with van der Waals surface area (Å²) in [6, 6.07) is 23.6. The molecule has 2 N–H and O–H groups in total. The Labute approximate surface area is 180 Å². The average molecular weight is 421 g/mol. The number of rotatable bonds is 8. The second-order valence-corrected chi connectivity index (χ2v) is 7.13. The van der Waals surface area contributed by atoms with E-state index >= 15 is 0 Å². The first-order valence-electron chi connectivity index (χ1n) is 9.52. The molecule has 0 radical (unpaired) electrons. The predicted molar refractivity (Wildman–Crippen MR) is 117 cm³/mol. The Hall–Kier alpha value is -3.44. The van der Waals surface area contributed by atoms with Gasteiger partial charge in [-0.15, -0.1) is 0 Å². The summed E-state index contributed by atoms with van der Waals surface area (Å²) in [6.45, 7) is 0. The number of carbonyl (C=O) groups is 3. The van der Waals surface area contributed by atoms with Crippen LogP contribution in [0.15, 0.2) is 84.9 Å². The molecule has 30 heavy (non-hydrogen) atoms. The maximum Gasteiger partial charge on any atom is 0.251 e. The normalized spacial score (nSPS) is 11.4. The fourth-order valence-corrected chi connectivity index (χ4v) is 3.05. The lowest BCUT2D eigenvalue weighted by molar-refractivity contribution is -0.126. The summed E-state index contributed by atoms with van der Waals surface area (Å²) in [5.41, 5.74) is 1.78. The standard InChI is InChI=1S/C24H21ClN2O3/c25-19-13-11-17(12-14-19)21(28)15-16-22(29)27-23(18-7-3-1-4-8-18)24(30)26-20-9-5-2-6-10-20/h1-14,23H,15-16H2,(H,26,30)(H,27,29). The van der Waals surface area contributed by atoms with E-state index in [4.69, 9.17) is 11.6 Å². The molecule has 0 heterocycles. The zero-order chi connectivity index (χ0) is 21.3. The lowest BCUT2D eigenvalue weighted by Crippen LogP contribution is -2.37. The molecule has 3 aromatic rings. The fraction of sp³-hybridized carbons (Fsp3) is 0.125. The van der Waals surface area contributed by atoms with Crippen LogP contribution in [0.3, 0.4) is 0 Å². The van der Waals surface area contributed by atoms with Crippen LogP contribution in [0.4, 0.5) is 5.69 Å². The van der Waals surface area contributed by atoms with Crippen LogP contribution in [-0.2, 0) is 9.59 Å². The maximum atomic E-state index is 12.8. The van der Waals surface area contributed by atoms with E-state index in [0.29, 0.717) is 21.8 Å². The molecule has 3 rings (SSSR count). The topological polar surface area (TPSA) is 75.3 Å². The minimum absolute atomic E-state index is 0.0244. The van der Waals surface area contributed by atoms with E-state index in [1.165, 1.54) is 0 Å². The van der Waals surface area contributed by atoms with Crippen LogP contribution in [0.5, 0.6) is 0 Å². The van der Waals surface area contributed by atoms with E-state index in [0.717, 1.165) is 0 Å². The fourth-order valence-electron chi connectivity index (χ4n) is 2.92. The molecular formula is C24H21ClN2O3. The smallest absolute Gasteiger partial charge is 0.251 e. The predicted octanol–water partition coefficient (Wildman–Crippen LogP) is 4.80. The Kier molecular flexibility index (Phi) is 7.35. The van der Waals surface area contributed by atoms with Crippen molar-refractivity contribution in [2.24, 2.45) is 0 Å². The Morgan fingerprint density at radius 2 is 1.37 bits per heavy atom. The van der Waals surface area contributed by atoms with Crippen molar-refractivity contribution in [3.8, 4) is 0 Å². The van der Waals surface area contributed by atoms with E-state index < -0.39 is 6.04 Å². The van der Waals surface area contributed by atoms with Crippen LogP contribution >= 0.6 is 11.6 Å². The molecule has 0 saturated carbocycles. The second kappa shape index (κ2) is 10.4. The molecular weight excluding hydrogens is 400 g/mol. The summed E-state index contributed by atoms with van der Waals surface area (Å²) in [7, 11) is 0. The zero-order valence-corrected chi connectivity index (χ0v) is 16.9. The van der Waals surface area contributed by atoms with Gasteiger partial charge in [-0.05, 0) is 42.0 Å². The number of ketones is 1. The second-order valence-electron chi connectivity index (χ2n) is 6.70. The quantitative estimate of drug-likeness (QED) is 0.514. The number of halogens is 1. The summed E-state index contributed by atoms with van der Waals surface area (Å²) < 4.78 is 0. The highest BCUT2D eigenvalue weighted by atomic mass is 35.5.